The molecule has 3 heteroatoms. The highest BCUT2D eigenvalue weighted by Crippen LogP contribution is 2.15. The van der Waals surface area contributed by atoms with Crippen molar-refractivity contribution in [2.45, 2.75) is 26.7 Å². The summed E-state index contributed by atoms with van der Waals surface area (Å²) in [5.74, 6) is -0.0297. The van der Waals surface area contributed by atoms with E-state index in [1.54, 1.807) is 13.8 Å². The predicted octanol–water partition coefficient (Wildman–Crippen LogP) is 0.520. The van der Waals surface area contributed by atoms with E-state index in [-0.39, 0.29) is 5.78 Å². The number of ketones is 1. The molecule has 0 unspecified atom stereocenters. The highest BCUT2D eigenvalue weighted by atomic mass is 16.1. The molecule has 0 saturated carbocycles. The molecule has 0 aromatic heterocycles. The summed E-state index contributed by atoms with van der Waals surface area (Å²) in [5, 5.41) is 0. The van der Waals surface area contributed by atoms with Gasteiger partial charge < -0.3 is 10.5 Å². The number of nitrogens with two attached hydrogens (primary N) is 1. The van der Waals surface area contributed by atoms with Crippen LogP contribution < -0.4 is 5.73 Å². The summed E-state index contributed by atoms with van der Waals surface area (Å²) in [4.78, 5) is 21.5. The first kappa shape index (κ1) is 10.3. The van der Waals surface area contributed by atoms with E-state index >= 15 is 0 Å². The van der Waals surface area contributed by atoms with Crippen LogP contribution in [0.1, 0.15) is 26.7 Å². The normalized spacial score (nSPS) is 11.2. The molecule has 0 radical (unpaired) electrons. The van der Waals surface area contributed by atoms with Crippen LogP contribution in [0.3, 0.4) is 0 Å². The maximum Gasteiger partial charge on any atom is 0.145 e. The first-order chi connectivity index (χ1) is 5.04. The fourth-order valence-electron chi connectivity index (χ4n) is 0.651. The third kappa shape index (κ3) is 3.28. The molecule has 64 valence electrons. The highest BCUT2D eigenvalue weighted by molar-refractivity contribution is 5.97. The van der Waals surface area contributed by atoms with Crippen LogP contribution in [0.15, 0.2) is 0 Å². The Kier molecular flexibility index (Phi) is 3.97. The van der Waals surface area contributed by atoms with Crippen molar-refractivity contribution in [3.8, 4) is 0 Å². The Labute approximate surface area is 67.0 Å². The zero-order valence-corrected chi connectivity index (χ0v) is 7.09. The van der Waals surface area contributed by atoms with Crippen LogP contribution in [0.4, 0.5) is 0 Å². The Morgan fingerprint density at radius 1 is 1.55 bits per heavy atom. The van der Waals surface area contributed by atoms with Crippen molar-refractivity contribution in [1.29, 1.82) is 0 Å². The van der Waals surface area contributed by atoms with Crippen LogP contribution in [0.5, 0.6) is 0 Å². The second-order valence-electron chi connectivity index (χ2n) is 3.15. The Balaban J connectivity index is 3.91. The van der Waals surface area contributed by atoms with Crippen molar-refractivity contribution in [2.75, 3.05) is 6.54 Å². The lowest BCUT2D eigenvalue weighted by Gasteiger charge is -2.13. The van der Waals surface area contributed by atoms with Crippen LogP contribution in [-0.4, -0.2) is 18.6 Å². The first-order valence-electron chi connectivity index (χ1n) is 3.74. The number of carbonyl (C=O) groups is 2. The molecule has 0 spiro atoms. The van der Waals surface area contributed by atoms with Crippen molar-refractivity contribution in [1.82, 2.24) is 0 Å². The van der Waals surface area contributed by atoms with Gasteiger partial charge in [0, 0.05) is 6.42 Å². The van der Waals surface area contributed by atoms with Gasteiger partial charge in [0.15, 0.2) is 0 Å². The Morgan fingerprint density at radius 3 is 2.45 bits per heavy atom. The highest BCUT2D eigenvalue weighted by Gasteiger charge is 2.25. The lowest BCUT2D eigenvalue weighted by atomic mass is 9.87. The summed E-state index contributed by atoms with van der Waals surface area (Å²) in [7, 11) is 0. The molecule has 0 aliphatic carbocycles. The van der Waals surface area contributed by atoms with E-state index in [9.17, 15) is 9.59 Å². The van der Waals surface area contributed by atoms with Crippen molar-refractivity contribution in [2.24, 2.45) is 11.1 Å². The smallest absolute Gasteiger partial charge is 0.145 e. The minimum atomic E-state index is -0.824. The minimum absolute atomic E-state index is 0.0297. The molecule has 0 heterocycles. The average molecular weight is 157 g/mol. The number of Topliss-reactive ketones (excluding diaryl/α,β-unsaturated/α-hetero) is 1. The van der Waals surface area contributed by atoms with E-state index in [0.29, 0.717) is 25.7 Å². The zero-order valence-electron chi connectivity index (χ0n) is 7.09. The number of hydrogen-bond donors (Lipinski definition) is 1. The number of rotatable bonds is 5. The molecule has 11 heavy (non-hydrogen) atoms. The van der Waals surface area contributed by atoms with Gasteiger partial charge in [-0.15, -0.1) is 0 Å². The van der Waals surface area contributed by atoms with Gasteiger partial charge in [-0.2, -0.15) is 0 Å². The maximum absolute atomic E-state index is 11.2. The average Bonchev–Trinajstić information content (AvgIpc) is 2.00. The third-order valence-electron chi connectivity index (χ3n) is 1.62. The van der Waals surface area contributed by atoms with E-state index in [2.05, 4.69) is 0 Å². The lowest BCUT2D eigenvalue weighted by Crippen LogP contribution is -2.26. The second-order valence-corrected chi connectivity index (χ2v) is 3.15. The molecule has 0 aromatic rings. The van der Waals surface area contributed by atoms with E-state index < -0.39 is 5.41 Å². The standard InChI is InChI=1S/C8H15NO2/c1-8(2,6-10)7(11)4-3-5-9/h6H,3-5,9H2,1-2H3. The van der Waals surface area contributed by atoms with Gasteiger partial charge in [-0.1, -0.05) is 0 Å². The van der Waals surface area contributed by atoms with E-state index in [4.69, 9.17) is 5.73 Å². The second kappa shape index (κ2) is 4.23. The quantitative estimate of drug-likeness (QED) is 0.467. The maximum atomic E-state index is 11.2. The van der Waals surface area contributed by atoms with Crippen molar-refractivity contribution < 1.29 is 9.59 Å². The van der Waals surface area contributed by atoms with Gasteiger partial charge in [-0.05, 0) is 26.8 Å². The fourth-order valence-corrected chi connectivity index (χ4v) is 0.651. The molecule has 0 aromatic carbocycles. The molecule has 0 amide bonds. The van der Waals surface area contributed by atoms with Crippen LogP contribution in [0, 0.1) is 5.41 Å². The Hall–Kier alpha value is -0.700. The minimum Gasteiger partial charge on any atom is -0.330 e. The zero-order chi connectivity index (χ0) is 8.91. The lowest BCUT2D eigenvalue weighted by molar-refractivity contribution is -0.132. The van der Waals surface area contributed by atoms with Crippen molar-refractivity contribution in [3.63, 3.8) is 0 Å². The molecule has 2 N–H and O–H groups in total. The summed E-state index contributed by atoms with van der Waals surface area (Å²) in [6.45, 7) is 3.75. The molecule has 3 nitrogen and oxygen atoms in total. The number of hydrogen-bond acceptors (Lipinski definition) is 3. The Morgan fingerprint density at radius 2 is 2.09 bits per heavy atom. The molecule has 0 aliphatic heterocycles. The van der Waals surface area contributed by atoms with Crippen molar-refractivity contribution >= 4 is 12.1 Å². The van der Waals surface area contributed by atoms with Gasteiger partial charge in [0.25, 0.3) is 0 Å². The molecular formula is C8H15NO2. The predicted molar refractivity (Wildman–Crippen MR) is 43.1 cm³/mol. The topological polar surface area (TPSA) is 60.2 Å². The van der Waals surface area contributed by atoms with Gasteiger partial charge in [-0.3, -0.25) is 4.79 Å². The largest absolute Gasteiger partial charge is 0.330 e. The molecule has 0 rings (SSSR count). The number of aldehydes is 1. The Bertz CT molecular complexity index is 152. The van der Waals surface area contributed by atoms with E-state index in [0.717, 1.165) is 0 Å². The van der Waals surface area contributed by atoms with Gasteiger partial charge in [0.2, 0.25) is 0 Å². The van der Waals surface area contributed by atoms with Gasteiger partial charge in [0.1, 0.15) is 12.1 Å². The summed E-state index contributed by atoms with van der Waals surface area (Å²) in [6, 6.07) is 0. The van der Waals surface area contributed by atoms with Crippen LogP contribution in [-0.2, 0) is 9.59 Å². The van der Waals surface area contributed by atoms with Crippen LogP contribution in [0.25, 0.3) is 0 Å². The summed E-state index contributed by atoms with van der Waals surface area (Å²) >= 11 is 0. The monoisotopic (exact) mass is 157 g/mol. The van der Waals surface area contributed by atoms with Crippen LogP contribution in [0.2, 0.25) is 0 Å². The summed E-state index contributed by atoms with van der Waals surface area (Å²) in [5.41, 5.74) is 4.40. The van der Waals surface area contributed by atoms with E-state index in [1.807, 2.05) is 0 Å². The van der Waals surface area contributed by atoms with Crippen molar-refractivity contribution in [3.05, 3.63) is 0 Å². The van der Waals surface area contributed by atoms with Gasteiger partial charge >= 0.3 is 0 Å². The van der Waals surface area contributed by atoms with Gasteiger partial charge in [0.05, 0.1) is 5.41 Å². The molecule has 0 fully saturated rings. The molecular weight excluding hydrogens is 142 g/mol. The molecule has 0 bridgehead atoms. The van der Waals surface area contributed by atoms with E-state index in [1.165, 1.54) is 0 Å². The SMILES string of the molecule is CC(C)(C=O)C(=O)CCCN. The summed E-state index contributed by atoms with van der Waals surface area (Å²) < 4.78 is 0. The molecule has 0 aliphatic rings. The van der Waals surface area contributed by atoms with Crippen LogP contribution >= 0.6 is 0 Å². The summed E-state index contributed by atoms with van der Waals surface area (Å²) in [6.07, 6.45) is 1.75. The molecule has 0 atom stereocenters. The van der Waals surface area contributed by atoms with Gasteiger partial charge in [-0.25, -0.2) is 0 Å². The number of carbonyl (C=O) groups excluding carboxylic acids is 2. The fraction of sp³-hybridized carbons (Fsp3) is 0.750. The third-order valence-corrected chi connectivity index (χ3v) is 1.62. The first-order valence-corrected chi connectivity index (χ1v) is 3.74. The molecule has 0 saturated heterocycles.